The van der Waals surface area contributed by atoms with Gasteiger partial charge in [0.25, 0.3) is 0 Å². The molecule has 1 radical (unpaired) electrons. The predicted octanol–water partition coefficient (Wildman–Crippen LogP) is 1.77. The molecule has 0 fully saturated rings. The van der Waals surface area contributed by atoms with E-state index in [9.17, 15) is 13.2 Å². The third-order valence-corrected chi connectivity index (χ3v) is 6.04. The number of nitrogens with one attached hydrogen (secondary N) is 2. The van der Waals surface area contributed by atoms with Crippen molar-refractivity contribution in [1.29, 1.82) is 0 Å². The van der Waals surface area contributed by atoms with Gasteiger partial charge in [0, 0.05) is 70.8 Å². The van der Waals surface area contributed by atoms with Gasteiger partial charge in [-0.3, -0.25) is 0 Å². The molecule has 0 unspecified atom stereocenters. The summed E-state index contributed by atoms with van der Waals surface area (Å²) in [6, 6.07) is 1.61. The first-order valence-corrected chi connectivity index (χ1v) is 10.1. The van der Waals surface area contributed by atoms with Crippen LogP contribution >= 0.6 is 0 Å². The third-order valence-electron chi connectivity index (χ3n) is 4.72. The number of amides is 2. The monoisotopic (exact) mass is 391 g/mol. The molecular weight excluding hydrogens is 367 g/mol. The number of anilines is 1. The third kappa shape index (κ3) is 5.28. The minimum Gasteiger partial charge on any atom is -0.385 e. The van der Waals surface area contributed by atoms with Crippen molar-refractivity contribution in [2.75, 3.05) is 24.8 Å². The smallest absolute Gasteiger partial charge is 0.332 e. The zero-order valence-electron chi connectivity index (χ0n) is 15.0. The molecule has 2 N–H and O–H groups in total. The predicted molar refractivity (Wildman–Crippen MR) is 98.7 cm³/mol. The van der Waals surface area contributed by atoms with E-state index >= 15 is 0 Å². The number of carbonyl (C=O) groups is 1. The second-order valence-corrected chi connectivity index (χ2v) is 8.30. The number of urea groups is 1. The molecule has 3 rings (SSSR count). The maximum absolute atomic E-state index is 12.2. The second-order valence-electron chi connectivity index (χ2n) is 6.46. The number of carbonyl (C=O) groups excluding carboxylic acids is 1. The Morgan fingerprint density at radius 3 is 2.28 bits per heavy atom. The van der Waals surface area contributed by atoms with Gasteiger partial charge in [-0.1, -0.05) is 6.07 Å². The van der Waals surface area contributed by atoms with Gasteiger partial charge in [0.1, 0.15) is 0 Å². The SMILES string of the molecule is COCCCS(=O)(=O)NC(=O)Nc1c2c(cc3c1CCC3)CCC2.[K]. The van der Waals surface area contributed by atoms with E-state index in [-0.39, 0.29) is 57.1 Å². The number of benzene rings is 1. The Balaban J connectivity index is 0.00000225. The van der Waals surface area contributed by atoms with Crippen molar-refractivity contribution >= 4 is 73.1 Å². The van der Waals surface area contributed by atoms with E-state index in [0.29, 0.717) is 13.0 Å². The van der Waals surface area contributed by atoms with Crippen LogP contribution in [0.2, 0.25) is 0 Å². The minimum atomic E-state index is -3.64. The molecule has 0 atom stereocenters. The van der Waals surface area contributed by atoms with Crippen LogP contribution in [0.4, 0.5) is 10.5 Å². The normalized spacial score (nSPS) is 15.2. The number of sulfonamides is 1. The first-order chi connectivity index (χ1) is 11.5. The molecule has 25 heavy (non-hydrogen) atoms. The summed E-state index contributed by atoms with van der Waals surface area (Å²) in [7, 11) is -2.13. The van der Waals surface area contributed by atoms with Crippen molar-refractivity contribution in [2.45, 2.75) is 44.9 Å². The molecule has 6 nitrogen and oxygen atoms in total. The fourth-order valence-electron chi connectivity index (χ4n) is 3.69. The van der Waals surface area contributed by atoms with Crippen LogP contribution in [0.3, 0.4) is 0 Å². The summed E-state index contributed by atoms with van der Waals surface area (Å²) in [5, 5.41) is 2.83. The summed E-state index contributed by atoms with van der Waals surface area (Å²) < 4.78 is 30.9. The van der Waals surface area contributed by atoms with Gasteiger partial charge in [-0.15, -0.1) is 0 Å². The Morgan fingerprint density at radius 2 is 1.72 bits per heavy atom. The minimum absolute atomic E-state index is 0. The van der Waals surface area contributed by atoms with E-state index in [0.717, 1.165) is 44.2 Å². The van der Waals surface area contributed by atoms with E-state index in [1.807, 2.05) is 0 Å². The van der Waals surface area contributed by atoms with Gasteiger partial charge in [-0.2, -0.15) is 0 Å². The van der Waals surface area contributed by atoms with E-state index < -0.39 is 16.1 Å². The molecule has 1 aromatic carbocycles. The topological polar surface area (TPSA) is 84.5 Å². The van der Waals surface area contributed by atoms with Crippen molar-refractivity contribution < 1.29 is 17.9 Å². The van der Waals surface area contributed by atoms with Crippen LogP contribution in [0, 0.1) is 0 Å². The molecule has 2 amide bonds. The fraction of sp³-hybridized carbons (Fsp3) is 0.588. The summed E-state index contributed by atoms with van der Waals surface area (Å²) in [4.78, 5) is 12.2. The Labute approximate surface area is 191 Å². The van der Waals surface area contributed by atoms with E-state index in [1.165, 1.54) is 29.4 Å². The van der Waals surface area contributed by atoms with Gasteiger partial charge in [-0.05, 0) is 67.2 Å². The Morgan fingerprint density at radius 1 is 1.12 bits per heavy atom. The maximum Gasteiger partial charge on any atom is 0.332 e. The summed E-state index contributed by atoms with van der Waals surface area (Å²) in [5.74, 6) is -0.126. The largest absolute Gasteiger partial charge is 0.385 e. The van der Waals surface area contributed by atoms with Crippen LogP contribution in [0.1, 0.15) is 41.5 Å². The van der Waals surface area contributed by atoms with Gasteiger partial charge in [0.2, 0.25) is 10.0 Å². The van der Waals surface area contributed by atoms with E-state index in [2.05, 4.69) is 16.1 Å². The number of hydrogen-bond donors (Lipinski definition) is 2. The first kappa shape index (κ1) is 21.3. The number of methoxy groups -OCH3 is 1. The van der Waals surface area contributed by atoms with Gasteiger partial charge in [0.05, 0.1) is 5.75 Å². The van der Waals surface area contributed by atoms with Gasteiger partial charge < -0.3 is 10.1 Å². The molecule has 8 heteroatoms. The zero-order chi connectivity index (χ0) is 17.2. The molecule has 0 bridgehead atoms. The average Bonchev–Trinajstić information content (AvgIpc) is 3.15. The zero-order valence-corrected chi connectivity index (χ0v) is 18.9. The van der Waals surface area contributed by atoms with Crippen LogP contribution in [-0.2, 0) is 40.4 Å². The number of rotatable bonds is 6. The van der Waals surface area contributed by atoms with Crippen molar-refractivity contribution in [3.05, 3.63) is 28.3 Å². The number of aryl methyl sites for hydroxylation is 2. The molecule has 0 saturated carbocycles. The number of fused-ring (bicyclic) bond motifs is 2. The standard InChI is InChI=1S/C17H24N2O4S.K/c1-23-9-4-10-24(21,22)19-17(20)18-16-14-7-2-5-12(14)11-13-6-3-8-15(13)16;/h11H,2-10H2,1H3,(H2,18,19,20);. The van der Waals surface area contributed by atoms with Gasteiger partial charge in [-0.25, -0.2) is 17.9 Å². The number of hydrogen-bond acceptors (Lipinski definition) is 4. The molecule has 0 heterocycles. The first-order valence-electron chi connectivity index (χ1n) is 8.47. The molecule has 0 aliphatic heterocycles. The summed E-state index contributed by atoms with van der Waals surface area (Å²) in [6.07, 6.45) is 6.49. The Hall–Kier alpha value is 0.0364. The van der Waals surface area contributed by atoms with Crippen LogP contribution in [0.15, 0.2) is 6.07 Å². The van der Waals surface area contributed by atoms with Crippen LogP contribution in [0.25, 0.3) is 0 Å². The van der Waals surface area contributed by atoms with Gasteiger partial charge in [0.15, 0.2) is 0 Å². The van der Waals surface area contributed by atoms with E-state index in [1.54, 1.807) is 0 Å². The van der Waals surface area contributed by atoms with Crippen molar-refractivity contribution in [2.24, 2.45) is 0 Å². The van der Waals surface area contributed by atoms with Crippen molar-refractivity contribution in [1.82, 2.24) is 4.72 Å². The van der Waals surface area contributed by atoms with Crippen LogP contribution in [0.5, 0.6) is 0 Å². The molecular formula is C17H24KN2O4S. The quantitative estimate of drug-likeness (QED) is 0.572. The fourth-order valence-corrected chi connectivity index (χ4v) is 4.63. The van der Waals surface area contributed by atoms with Crippen LogP contribution < -0.4 is 10.0 Å². The van der Waals surface area contributed by atoms with Crippen molar-refractivity contribution in [3.63, 3.8) is 0 Å². The maximum atomic E-state index is 12.2. The Kier molecular flexibility index (Phi) is 7.94. The second kappa shape index (κ2) is 9.30. The summed E-state index contributed by atoms with van der Waals surface area (Å²) >= 11 is 0. The molecule has 2 aliphatic carbocycles. The molecule has 133 valence electrons. The summed E-state index contributed by atoms with van der Waals surface area (Å²) in [6.45, 7) is 0.349. The van der Waals surface area contributed by atoms with Crippen LogP contribution in [-0.4, -0.2) is 85.3 Å². The summed E-state index contributed by atoms with van der Waals surface area (Å²) in [5.41, 5.74) is 5.81. The molecule has 0 aromatic heterocycles. The molecule has 1 aromatic rings. The van der Waals surface area contributed by atoms with Gasteiger partial charge >= 0.3 is 6.03 Å². The Bertz CT molecular complexity index is 717. The van der Waals surface area contributed by atoms with Crippen molar-refractivity contribution in [3.8, 4) is 0 Å². The van der Waals surface area contributed by atoms with E-state index in [4.69, 9.17) is 4.74 Å². The molecule has 0 saturated heterocycles. The molecule has 2 aliphatic rings. The number of ether oxygens (including phenoxy) is 1. The average molecular weight is 392 g/mol. The molecule has 0 spiro atoms.